The minimum atomic E-state index is -0.394. The molecule has 0 unspecified atom stereocenters. The van der Waals surface area contributed by atoms with Gasteiger partial charge in [-0.25, -0.2) is 5.84 Å². The Balaban J connectivity index is 3.44. The van der Waals surface area contributed by atoms with Gasteiger partial charge in [0.15, 0.2) is 5.11 Å². The molecule has 62 valence electrons. The van der Waals surface area contributed by atoms with Gasteiger partial charge < -0.3 is 15.5 Å². The molecule has 0 aliphatic carbocycles. The zero-order chi connectivity index (χ0) is 8.69. The van der Waals surface area contributed by atoms with E-state index in [-0.39, 0.29) is 5.11 Å². The topological polar surface area (TPSA) is 76.4 Å². The molecule has 0 fully saturated rings. The summed E-state index contributed by atoms with van der Waals surface area (Å²) in [6, 6.07) is 0. The molecule has 0 radical (unpaired) electrons. The number of esters is 1. The molecule has 0 aromatic carbocycles. The van der Waals surface area contributed by atoms with E-state index in [0.29, 0.717) is 0 Å². The van der Waals surface area contributed by atoms with Gasteiger partial charge in [0.25, 0.3) is 0 Å². The van der Waals surface area contributed by atoms with Crippen LogP contribution in [0.1, 0.15) is 6.92 Å². The second-order valence-corrected chi connectivity index (χ2v) is 1.94. The fourth-order valence-corrected chi connectivity index (χ4v) is 0.349. The van der Waals surface area contributed by atoms with Crippen molar-refractivity contribution in [3.63, 3.8) is 0 Å². The second kappa shape index (κ2) is 5.63. The lowest BCUT2D eigenvalue weighted by atomic mass is 10.8. The van der Waals surface area contributed by atoms with Gasteiger partial charge in [-0.15, -0.1) is 0 Å². The van der Waals surface area contributed by atoms with Crippen LogP contribution in [-0.2, 0) is 9.53 Å². The first-order chi connectivity index (χ1) is 5.16. The van der Waals surface area contributed by atoms with Gasteiger partial charge in [-0.1, -0.05) is 0 Å². The lowest BCUT2D eigenvalue weighted by Gasteiger charge is -1.98. The van der Waals surface area contributed by atoms with Crippen molar-refractivity contribution in [3.05, 3.63) is 12.5 Å². The van der Waals surface area contributed by atoms with Crippen molar-refractivity contribution in [1.29, 1.82) is 0 Å². The number of hydrogen-bond acceptors (Lipinski definition) is 4. The minimum Gasteiger partial charge on any atom is -0.433 e. The average Bonchev–Trinajstić information content (AvgIpc) is 1.97. The molecule has 11 heavy (non-hydrogen) atoms. The van der Waals surface area contributed by atoms with Gasteiger partial charge in [0.2, 0.25) is 0 Å². The standard InChI is InChI=1S/C5H9N3O2S/c1-4(9)10-3-2-7-5(11)8-6/h2-3H,6H2,1H3,(H2,7,8,11)/b3-2+. The van der Waals surface area contributed by atoms with Crippen molar-refractivity contribution in [2.24, 2.45) is 5.84 Å². The lowest BCUT2D eigenvalue weighted by Crippen LogP contribution is -2.36. The quantitative estimate of drug-likeness (QED) is 0.170. The number of carbonyl (C=O) groups excluding carboxylic acids is 1. The van der Waals surface area contributed by atoms with Crippen molar-refractivity contribution in [2.75, 3.05) is 0 Å². The van der Waals surface area contributed by atoms with E-state index >= 15 is 0 Å². The van der Waals surface area contributed by atoms with Crippen LogP contribution in [0.3, 0.4) is 0 Å². The first kappa shape index (κ1) is 9.86. The summed E-state index contributed by atoms with van der Waals surface area (Å²) in [6.07, 6.45) is 2.52. The Morgan fingerprint density at radius 3 is 2.82 bits per heavy atom. The van der Waals surface area contributed by atoms with Crippen molar-refractivity contribution in [2.45, 2.75) is 6.92 Å². The van der Waals surface area contributed by atoms with E-state index in [1.54, 1.807) is 0 Å². The van der Waals surface area contributed by atoms with Crippen LogP contribution < -0.4 is 16.6 Å². The molecule has 4 N–H and O–H groups in total. The summed E-state index contributed by atoms with van der Waals surface area (Å²) < 4.78 is 4.43. The molecule has 0 spiro atoms. The number of hydrogen-bond donors (Lipinski definition) is 3. The Morgan fingerprint density at radius 2 is 2.36 bits per heavy atom. The fraction of sp³-hybridized carbons (Fsp3) is 0.200. The predicted molar refractivity (Wildman–Crippen MR) is 44.0 cm³/mol. The van der Waals surface area contributed by atoms with Crippen molar-refractivity contribution in [1.82, 2.24) is 10.7 Å². The molecule has 0 saturated carbocycles. The van der Waals surface area contributed by atoms with Crippen molar-refractivity contribution < 1.29 is 9.53 Å². The zero-order valence-electron chi connectivity index (χ0n) is 5.96. The summed E-state index contributed by atoms with van der Waals surface area (Å²) in [6.45, 7) is 1.30. The van der Waals surface area contributed by atoms with Gasteiger partial charge in [0, 0.05) is 13.1 Å². The molecule has 0 aromatic rings. The molecule has 0 aliphatic heterocycles. The molecule has 0 saturated heterocycles. The molecular weight excluding hydrogens is 166 g/mol. The minimum absolute atomic E-state index is 0.244. The normalized spacial score (nSPS) is 9.27. The number of nitrogens with one attached hydrogen (secondary N) is 2. The van der Waals surface area contributed by atoms with E-state index in [2.05, 4.69) is 27.7 Å². The summed E-state index contributed by atoms with van der Waals surface area (Å²) >= 11 is 4.60. The highest BCUT2D eigenvalue weighted by molar-refractivity contribution is 7.80. The first-order valence-corrected chi connectivity index (χ1v) is 3.17. The summed E-state index contributed by atoms with van der Waals surface area (Å²) in [4.78, 5) is 10.2. The van der Waals surface area contributed by atoms with Crippen LogP contribution in [0, 0.1) is 0 Å². The number of hydrazine groups is 1. The van der Waals surface area contributed by atoms with Gasteiger partial charge >= 0.3 is 5.97 Å². The highest BCUT2D eigenvalue weighted by Crippen LogP contribution is 1.75. The Bertz CT molecular complexity index is 181. The monoisotopic (exact) mass is 175 g/mol. The molecule has 0 rings (SSSR count). The summed E-state index contributed by atoms with van der Waals surface area (Å²) in [5, 5.41) is 2.77. The number of nitrogens with two attached hydrogens (primary N) is 1. The summed E-state index contributed by atoms with van der Waals surface area (Å²) in [5.41, 5.74) is 2.18. The van der Waals surface area contributed by atoms with Crippen molar-refractivity contribution in [3.8, 4) is 0 Å². The number of thiocarbonyl (C=S) groups is 1. The van der Waals surface area contributed by atoms with Gasteiger partial charge in [0.1, 0.15) is 6.26 Å². The van der Waals surface area contributed by atoms with E-state index in [0.717, 1.165) is 0 Å². The Kier molecular flexibility index (Phi) is 5.05. The maximum Gasteiger partial charge on any atom is 0.307 e. The van der Waals surface area contributed by atoms with Crippen molar-refractivity contribution >= 4 is 23.3 Å². The number of carbonyl (C=O) groups is 1. The van der Waals surface area contributed by atoms with E-state index in [4.69, 9.17) is 5.84 Å². The SMILES string of the molecule is CC(=O)O/C=C/NC(=S)NN. The highest BCUT2D eigenvalue weighted by Gasteiger charge is 1.85. The molecule has 0 heterocycles. The smallest absolute Gasteiger partial charge is 0.307 e. The van der Waals surface area contributed by atoms with E-state index in [1.165, 1.54) is 19.4 Å². The maximum atomic E-state index is 10.2. The molecule has 6 heteroatoms. The molecule has 5 nitrogen and oxygen atoms in total. The van der Waals surface area contributed by atoms with Crippen LogP contribution in [0.2, 0.25) is 0 Å². The third-order valence-corrected chi connectivity index (χ3v) is 0.883. The van der Waals surface area contributed by atoms with Gasteiger partial charge in [-0.05, 0) is 12.2 Å². The first-order valence-electron chi connectivity index (χ1n) is 2.76. The zero-order valence-corrected chi connectivity index (χ0v) is 6.77. The average molecular weight is 175 g/mol. The second-order valence-electron chi connectivity index (χ2n) is 1.53. The van der Waals surface area contributed by atoms with Crippen LogP contribution in [0.5, 0.6) is 0 Å². The van der Waals surface area contributed by atoms with E-state index in [9.17, 15) is 4.79 Å². The lowest BCUT2D eigenvalue weighted by molar-refractivity contribution is -0.135. The number of ether oxygens (including phenoxy) is 1. The molecular formula is C5H9N3O2S. The fourth-order valence-electron chi connectivity index (χ4n) is 0.281. The molecule has 0 atom stereocenters. The van der Waals surface area contributed by atoms with Crippen LogP contribution in [0.25, 0.3) is 0 Å². The van der Waals surface area contributed by atoms with Gasteiger partial charge in [-0.3, -0.25) is 4.79 Å². The maximum absolute atomic E-state index is 10.2. The van der Waals surface area contributed by atoms with E-state index < -0.39 is 5.97 Å². The van der Waals surface area contributed by atoms with Crippen LogP contribution in [0.15, 0.2) is 12.5 Å². The summed E-state index contributed by atoms with van der Waals surface area (Å²) in [5.74, 6) is 4.52. The largest absolute Gasteiger partial charge is 0.433 e. The van der Waals surface area contributed by atoms with Gasteiger partial charge in [-0.2, -0.15) is 0 Å². The van der Waals surface area contributed by atoms with Gasteiger partial charge in [0.05, 0.1) is 0 Å². The Hall–Kier alpha value is -1.14. The third kappa shape index (κ3) is 6.75. The molecule has 0 aliphatic rings. The molecule has 0 aromatic heterocycles. The van der Waals surface area contributed by atoms with E-state index in [1.807, 2.05) is 0 Å². The number of rotatable bonds is 2. The summed E-state index contributed by atoms with van der Waals surface area (Å²) in [7, 11) is 0. The van der Waals surface area contributed by atoms with Crippen LogP contribution in [-0.4, -0.2) is 11.1 Å². The molecule has 0 bridgehead atoms. The predicted octanol–water partition coefficient (Wildman–Crippen LogP) is -0.641. The Morgan fingerprint density at radius 1 is 1.73 bits per heavy atom. The Labute approximate surface area is 69.6 Å². The highest BCUT2D eigenvalue weighted by atomic mass is 32.1. The molecule has 0 amide bonds. The third-order valence-electron chi connectivity index (χ3n) is 0.648. The van der Waals surface area contributed by atoms with Crippen LogP contribution in [0.4, 0.5) is 0 Å². The van der Waals surface area contributed by atoms with Crippen LogP contribution >= 0.6 is 12.2 Å².